The van der Waals surface area contributed by atoms with Crippen LogP contribution in [0.3, 0.4) is 0 Å². The number of hydrazine groups is 1. The quantitative estimate of drug-likeness (QED) is 0.857. The lowest BCUT2D eigenvalue weighted by Gasteiger charge is -2.20. The molecule has 2 aromatic rings. The monoisotopic (exact) mass is 284 g/mol. The zero-order chi connectivity index (χ0) is 15.2. The minimum atomic E-state index is -0.155. The van der Waals surface area contributed by atoms with E-state index in [1.54, 1.807) is 29.3 Å². The van der Waals surface area contributed by atoms with Crippen LogP contribution in [0.5, 0.6) is 5.75 Å². The molecule has 0 aliphatic carbocycles. The van der Waals surface area contributed by atoms with Crippen molar-refractivity contribution in [2.45, 2.75) is 20.0 Å². The lowest BCUT2D eigenvalue weighted by Crippen LogP contribution is -2.39. The van der Waals surface area contributed by atoms with Crippen LogP contribution >= 0.6 is 0 Å². The number of hydrogen-bond donors (Lipinski definition) is 1. The highest BCUT2D eigenvalue weighted by molar-refractivity contribution is 5.95. The average Bonchev–Trinajstić information content (AvgIpc) is 2.48. The maximum absolute atomic E-state index is 12.2. The van der Waals surface area contributed by atoms with Gasteiger partial charge >= 0.3 is 0 Å². The number of rotatable bonds is 5. The zero-order valence-electron chi connectivity index (χ0n) is 12.5. The Morgan fingerprint density at radius 1 is 1.05 bits per heavy atom. The molecule has 0 bridgehead atoms. The second kappa shape index (κ2) is 6.79. The number of hydrogen-bond acceptors (Lipinski definition) is 3. The molecule has 0 heterocycles. The van der Waals surface area contributed by atoms with Gasteiger partial charge in [-0.3, -0.25) is 15.2 Å². The number of benzene rings is 2. The Bertz CT molecular complexity index is 579. The number of carbonyl (C=O) groups is 1. The van der Waals surface area contributed by atoms with E-state index in [1.807, 2.05) is 51.2 Å². The molecule has 0 radical (unpaired) electrons. The third-order valence-corrected chi connectivity index (χ3v) is 2.90. The molecular formula is C17H20N2O2. The van der Waals surface area contributed by atoms with Crippen molar-refractivity contribution in [3.05, 3.63) is 60.2 Å². The molecule has 21 heavy (non-hydrogen) atoms. The molecule has 0 unspecified atom stereocenters. The molecule has 2 aromatic carbocycles. The number of nitrogens with one attached hydrogen (secondary N) is 1. The Morgan fingerprint density at radius 3 is 2.24 bits per heavy atom. The minimum Gasteiger partial charge on any atom is -0.491 e. The second-order valence-corrected chi connectivity index (χ2v) is 5.03. The molecule has 1 amide bonds. The van der Waals surface area contributed by atoms with Crippen LogP contribution in [-0.4, -0.2) is 19.1 Å². The Balaban J connectivity index is 2.00. The molecule has 4 nitrogen and oxygen atoms in total. The minimum absolute atomic E-state index is 0.119. The van der Waals surface area contributed by atoms with Gasteiger partial charge in [-0.2, -0.15) is 0 Å². The first-order chi connectivity index (χ1) is 10.1. The number of para-hydroxylation sites is 1. The van der Waals surface area contributed by atoms with Crippen molar-refractivity contribution >= 4 is 11.6 Å². The summed E-state index contributed by atoms with van der Waals surface area (Å²) in [6.07, 6.45) is 0.119. The van der Waals surface area contributed by atoms with Gasteiger partial charge in [-0.25, -0.2) is 0 Å². The lowest BCUT2D eigenvalue weighted by molar-refractivity contribution is 0.0951. The topological polar surface area (TPSA) is 41.6 Å². The van der Waals surface area contributed by atoms with Gasteiger partial charge in [0, 0.05) is 12.6 Å². The molecule has 0 aliphatic heterocycles. The van der Waals surface area contributed by atoms with Crippen molar-refractivity contribution in [3.8, 4) is 5.75 Å². The Morgan fingerprint density at radius 2 is 1.67 bits per heavy atom. The van der Waals surface area contributed by atoms with Gasteiger partial charge in [0.05, 0.1) is 11.8 Å². The van der Waals surface area contributed by atoms with Crippen molar-refractivity contribution in [1.82, 2.24) is 5.43 Å². The summed E-state index contributed by atoms with van der Waals surface area (Å²) in [6, 6.07) is 16.8. The van der Waals surface area contributed by atoms with E-state index in [0.717, 1.165) is 11.4 Å². The van der Waals surface area contributed by atoms with Gasteiger partial charge in [0.2, 0.25) is 0 Å². The fourth-order valence-corrected chi connectivity index (χ4v) is 1.89. The van der Waals surface area contributed by atoms with E-state index in [4.69, 9.17) is 4.74 Å². The Hall–Kier alpha value is -2.49. The van der Waals surface area contributed by atoms with Crippen LogP contribution in [0.1, 0.15) is 24.2 Å². The van der Waals surface area contributed by atoms with Gasteiger partial charge < -0.3 is 4.74 Å². The lowest BCUT2D eigenvalue weighted by atomic mass is 10.2. The van der Waals surface area contributed by atoms with Crippen LogP contribution in [0.15, 0.2) is 54.6 Å². The van der Waals surface area contributed by atoms with Gasteiger partial charge in [0.1, 0.15) is 5.75 Å². The summed E-state index contributed by atoms with van der Waals surface area (Å²) < 4.78 is 5.56. The Kier molecular flexibility index (Phi) is 4.82. The van der Waals surface area contributed by atoms with Crippen molar-refractivity contribution in [2.75, 3.05) is 12.1 Å². The van der Waals surface area contributed by atoms with E-state index in [2.05, 4.69) is 5.43 Å². The van der Waals surface area contributed by atoms with E-state index < -0.39 is 0 Å². The molecule has 0 atom stereocenters. The normalized spacial score (nSPS) is 10.3. The largest absolute Gasteiger partial charge is 0.491 e. The highest BCUT2D eigenvalue weighted by atomic mass is 16.5. The summed E-state index contributed by atoms with van der Waals surface area (Å²) in [6.45, 7) is 3.94. The predicted octanol–water partition coefficient (Wildman–Crippen LogP) is 3.26. The first-order valence-corrected chi connectivity index (χ1v) is 6.93. The molecule has 0 saturated carbocycles. The van der Waals surface area contributed by atoms with Gasteiger partial charge in [-0.1, -0.05) is 18.2 Å². The summed E-state index contributed by atoms with van der Waals surface area (Å²) in [5, 5.41) is 1.70. The number of carbonyl (C=O) groups excluding carboxylic acids is 1. The molecular weight excluding hydrogens is 264 g/mol. The highest BCUT2D eigenvalue weighted by Gasteiger charge is 2.09. The van der Waals surface area contributed by atoms with Crippen molar-refractivity contribution in [2.24, 2.45) is 0 Å². The molecule has 2 rings (SSSR count). The molecule has 0 aliphatic rings. The molecule has 1 N–H and O–H groups in total. The SMILES string of the molecule is CC(C)Oc1ccc(C(=O)NN(C)c2ccccc2)cc1. The van der Waals surface area contributed by atoms with Gasteiger partial charge in [0.15, 0.2) is 0 Å². The maximum atomic E-state index is 12.2. The van der Waals surface area contributed by atoms with Crippen molar-refractivity contribution in [1.29, 1.82) is 0 Å². The van der Waals surface area contributed by atoms with Crippen molar-refractivity contribution in [3.63, 3.8) is 0 Å². The molecule has 4 heteroatoms. The molecule has 110 valence electrons. The molecule has 0 spiro atoms. The van der Waals surface area contributed by atoms with Crippen LogP contribution in [-0.2, 0) is 0 Å². The zero-order valence-corrected chi connectivity index (χ0v) is 12.5. The van der Waals surface area contributed by atoms with Crippen LogP contribution in [0.25, 0.3) is 0 Å². The maximum Gasteiger partial charge on any atom is 0.269 e. The van der Waals surface area contributed by atoms with E-state index in [0.29, 0.717) is 5.56 Å². The predicted molar refractivity (Wildman–Crippen MR) is 84.5 cm³/mol. The second-order valence-electron chi connectivity index (χ2n) is 5.03. The van der Waals surface area contributed by atoms with Crippen LogP contribution in [0.4, 0.5) is 5.69 Å². The van der Waals surface area contributed by atoms with E-state index >= 15 is 0 Å². The third kappa shape index (κ3) is 4.24. The van der Waals surface area contributed by atoms with E-state index in [9.17, 15) is 4.79 Å². The number of nitrogens with zero attached hydrogens (tertiary/aromatic N) is 1. The Labute approximate surface area is 125 Å². The van der Waals surface area contributed by atoms with Crippen LogP contribution in [0.2, 0.25) is 0 Å². The summed E-state index contributed by atoms with van der Waals surface area (Å²) in [4.78, 5) is 12.2. The number of anilines is 1. The van der Waals surface area contributed by atoms with E-state index in [1.165, 1.54) is 0 Å². The summed E-state index contributed by atoms with van der Waals surface area (Å²) in [5.41, 5.74) is 4.34. The summed E-state index contributed by atoms with van der Waals surface area (Å²) in [5.74, 6) is 0.607. The molecule has 0 fully saturated rings. The average molecular weight is 284 g/mol. The van der Waals surface area contributed by atoms with Crippen LogP contribution < -0.4 is 15.2 Å². The number of amides is 1. The third-order valence-electron chi connectivity index (χ3n) is 2.90. The summed E-state index contributed by atoms with van der Waals surface area (Å²) in [7, 11) is 1.81. The highest BCUT2D eigenvalue weighted by Crippen LogP contribution is 2.14. The van der Waals surface area contributed by atoms with E-state index in [-0.39, 0.29) is 12.0 Å². The first-order valence-electron chi connectivity index (χ1n) is 6.93. The first kappa shape index (κ1) is 14.9. The van der Waals surface area contributed by atoms with Gasteiger partial charge in [0.25, 0.3) is 5.91 Å². The van der Waals surface area contributed by atoms with Gasteiger partial charge in [-0.05, 0) is 50.2 Å². The van der Waals surface area contributed by atoms with Crippen molar-refractivity contribution < 1.29 is 9.53 Å². The fourth-order valence-electron chi connectivity index (χ4n) is 1.89. The van der Waals surface area contributed by atoms with Gasteiger partial charge in [-0.15, -0.1) is 0 Å². The molecule has 0 saturated heterocycles. The fraction of sp³-hybridized carbons (Fsp3) is 0.235. The smallest absolute Gasteiger partial charge is 0.269 e. The van der Waals surface area contributed by atoms with Crippen LogP contribution in [0, 0.1) is 0 Å². The standard InChI is InChI=1S/C17H20N2O2/c1-13(2)21-16-11-9-14(10-12-16)17(20)18-19(3)15-7-5-4-6-8-15/h4-13H,1-3H3,(H,18,20). The summed E-state index contributed by atoms with van der Waals surface area (Å²) >= 11 is 0. The molecule has 0 aromatic heterocycles. The number of ether oxygens (including phenoxy) is 1.